The van der Waals surface area contributed by atoms with Gasteiger partial charge in [0.05, 0.1) is 19.4 Å². The smallest absolute Gasteiger partial charge is 0.344 e. The molecule has 0 unspecified atom stereocenters. The van der Waals surface area contributed by atoms with E-state index in [-0.39, 0.29) is 37.9 Å². The molecular formula is C25H31N3O6. The summed E-state index contributed by atoms with van der Waals surface area (Å²) in [5.41, 5.74) is 5.80. The molecule has 2 aromatic carbocycles. The highest BCUT2D eigenvalue weighted by atomic mass is 16.6. The van der Waals surface area contributed by atoms with Crippen LogP contribution in [0.3, 0.4) is 0 Å². The number of carbonyl (C=O) groups excluding carboxylic acids is 3. The Morgan fingerprint density at radius 3 is 2.41 bits per heavy atom. The highest BCUT2D eigenvalue weighted by molar-refractivity contribution is 5.94. The van der Waals surface area contributed by atoms with Crippen molar-refractivity contribution >= 4 is 29.7 Å². The number of hydrazone groups is 1. The largest absolute Gasteiger partial charge is 0.490 e. The summed E-state index contributed by atoms with van der Waals surface area (Å²) in [6.45, 7) is 7.85. The summed E-state index contributed by atoms with van der Waals surface area (Å²) in [6.07, 6.45) is 1.49. The second kappa shape index (κ2) is 13.6. The molecule has 2 aromatic rings. The Kier molecular flexibility index (Phi) is 10.6. The van der Waals surface area contributed by atoms with Crippen molar-refractivity contribution in [2.45, 2.75) is 40.5 Å². The van der Waals surface area contributed by atoms with Crippen LogP contribution in [0.1, 0.15) is 43.4 Å². The Labute approximate surface area is 199 Å². The van der Waals surface area contributed by atoms with Crippen LogP contribution in [0.5, 0.6) is 11.5 Å². The molecule has 9 heteroatoms. The summed E-state index contributed by atoms with van der Waals surface area (Å²) < 4.78 is 15.9. The fourth-order valence-electron chi connectivity index (χ4n) is 2.88. The lowest BCUT2D eigenvalue weighted by atomic mass is 10.1. The highest BCUT2D eigenvalue weighted by Gasteiger charge is 2.10. The molecule has 0 atom stereocenters. The van der Waals surface area contributed by atoms with E-state index in [2.05, 4.69) is 15.8 Å². The third kappa shape index (κ3) is 8.93. The van der Waals surface area contributed by atoms with E-state index in [1.165, 1.54) is 6.21 Å². The SMILES string of the molecule is CCOC(=O)COc1ccc(C=NNC(=O)CCC(=O)Nc2cc(C)ccc2C)cc1OCC. The number of amides is 2. The van der Waals surface area contributed by atoms with Gasteiger partial charge >= 0.3 is 5.97 Å². The molecule has 0 spiro atoms. The van der Waals surface area contributed by atoms with E-state index in [1.54, 1.807) is 25.1 Å². The van der Waals surface area contributed by atoms with Gasteiger partial charge in [0.15, 0.2) is 18.1 Å². The monoisotopic (exact) mass is 469 g/mol. The van der Waals surface area contributed by atoms with Crippen molar-refractivity contribution in [3.8, 4) is 11.5 Å². The van der Waals surface area contributed by atoms with Gasteiger partial charge in [-0.15, -0.1) is 0 Å². The first-order chi connectivity index (χ1) is 16.3. The first-order valence-electron chi connectivity index (χ1n) is 11.1. The molecule has 0 heterocycles. The van der Waals surface area contributed by atoms with Crippen LogP contribution in [0.4, 0.5) is 5.69 Å². The van der Waals surface area contributed by atoms with Crippen LogP contribution in [0.15, 0.2) is 41.5 Å². The second-order valence-corrected chi connectivity index (χ2v) is 7.39. The van der Waals surface area contributed by atoms with Crippen molar-refractivity contribution in [3.05, 3.63) is 53.1 Å². The Morgan fingerprint density at radius 2 is 1.68 bits per heavy atom. The predicted molar refractivity (Wildman–Crippen MR) is 129 cm³/mol. The molecule has 0 fully saturated rings. The zero-order valence-electron chi connectivity index (χ0n) is 20.0. The summed E-state index contributed by atoms with van der Waals surface area (Å²) in [5.74, 6) is -0.267. The predicted octanol–water partition coefficient (Wildman–Crippen LogP) is 3.51. The van der Waals surface area contributed by atoms with Gasteiger partial charge in [-0.05, 0) is 68.7 Å². The Hall–Kier alpha value is -3.88. The van der Waals surface area contributed by atoms with Crippen molar-refractivity contribution in [3.63, 3.8) is 0 Å². The van der Waals surface area contributed by atoms with Gasteiger partial charge in [-0.1, -0.05) is 12.1 Å². The van der Waals surface area contributed by atoms with Gasteiger partial charge in [-0.25, -0.2) is 10.2 Å². The maximum atomic E-state index is 12.2. The van der Waals surface area contributed by atoms with E-state index in [9.17, 15) is 14.4 Å². The third-order valence-corrected chi connectivity index (χ3v) is 4.57. The average Bonchev–Trinajstić information content (AvgIpc) is 2.80. The summed E-state index contributed by atoms with van der Waals surface area (Å²) in [4.78, 5) is 35.7. The number of rotatable bonds is 12. The van der Waals surface area contributed by atoms with Crippen LogP contribution in [0.25, 0.3) is 0 Å². The topological polar surface area (TPSA) is 115 Å². The van der Waals surface area contributed by atoms with Gasteiger partial charge in [-0.2, -0.15) is 5.10 Å². The van der Waals surface area contributed by atoms with Crippen molar-refractivity contribution in [1.29, 1.82) is 0 Å². The number of anilines is 1. The molecule has 0 aliphatic rings. The zero-order chi connectivity index (χ0) is 24.9. The van der Waals surface area contributed by atoms with Crippen LogP contribution in [0, 0.1) is 13.8 Å². The number of nitrogens with one attached hydrogen (secondary N) is 2. The number of ether oxygens (including phenoxy) is 3. The maximum Gasteiger partial charge on any atom is 0.344 e. The summed E-state index contributed by atoms with van der Waals surface area (Å²) >= 11 is 0. The molecule has 182 valence electrons. The van der Waals surface area contributed by atoms with E-state index in [4.69, 9.17) is 14.2 Å². The standard InChI is InChI=1S/C25H31N3O6/c1-5-32-22-14-19(9-10-21(22)34-16-25(31)33-6-2)15-26-28-24(30)12-11-23(29)27-20-13-17(3)7-8-18(20)4/h7-10,13-15H,5-6,11-12,16H2,1-4H3,(H,27,29)(H,28,30). The minimum Gasteiger partial charge on any atom is -0.490 e. The van der Waals surface area contributed by atoms with Gasteiger partial charge in [0.1, 0.15) is 0 Å². The van der Waals surface area contributed by atoms with Crippen molar-refractivity contribution in [2.24, 2.45) is 5.10 Å². The van der Waals surface area contributed by atoms with E-state index >= 15 is 0 Å². The van der Waals surface area contributed by atoms with Gasteiger partial charge in [0.2, 0.25) is 11.8 Å². The summed E-state index contributed by atoms with van der Waals surface area (Å²) in [7, 11) is 0. The molecule has 34 heavy (non-hydrogen) atoms. The van der Waals surface area contributed by atoms with Crippen LogP contribution in [-0.4, -0.2) is 43.8 Å². The Morgan fingerprint density at radius 1 is 0.912 bits per heavy atom. The quantitative estimate of drug-likeness (QED) is 0.279. The molecule has 0 bridgehead atoms. The Balaban J connectivity index is 1.85. The minimum absolute atomic E-state index is 0.00112. The second-order valence-electron chi connectivity index (χ2n) is 7.39. The molecule has 2 amide bonds. The third-order valence-electron chi connectivity index (χ3n) is 4.57. The summed E-state index contributed by atoms with van der Waals surface area (Å²) in [5, 5.41) is 6.76. The van der Waals surface area contributed by atoms with Crippen molar-refractivity contribution < 1.29 is 28.6 Å². The zero-order valence-corrected chi connectivity index (χ0v) is 20.0. The molecule has 9 nitrogen and oxygen atoms in total. The number of esters is 1. The molecule has 0 aliphatic heterocycles. The first kappa shape index (κ1) is 26.4. The minimum atomic E-state index is -0.471. The first-order valence-corrected chi connectivity index (χ1v) is 11.1. The van der Waals surface area contributed by atoms with Crippen LogP contribution in [-0.2, 0) is 19.1 Å². The number of hydrogen-bond acceptors (Lipinski definition) is 7. The fourth-order valence-corrected chi connectivity index (χ4v) is 2.88. The summed E-state index contributed by atoms with van der Waals surface area (Å²) in [6, 6.07) is 10.8. The van der Waals surface area contributed by atoms with E-state index in [0.717, 1.165) is 16.8 Å². The maximum absolute atomic E-state index is 12.2. The number of hydrogen-bond donors (Lipinski definition) is 2. The fraction of sp³-hybridized carbons (Fsp3) is 0.360. The molecule has 0 aromatic heterocycles. The van der Waals surface area contributed by atoms with Gasteiger partial charge in [0.25, 0.3) is 0 Å². The lowest BCUT2D eigenvalue weighted by Gasteiger charge is -2.12. The van der Waals surface area contributed by atoms with Crippen LogP contribution in [0.2, 0.25) is 0 Å². The highest BCUT2D eigenvalue weighted by Crippen LogP contribution is 2.28. The molecule has 2 N–H and O–H groups in total. The molecule has 0 aliphatic carbocycles. The molecule has 0 radical (unpaired) electrons. The van der Waals surface area contributed by atoms with Gasteiger partial charge in [0, 0.05) is 18.5 Å². The molecule has 0 saturated heterocycles. The van der Waals surface area contributed by atoms with Crippen LogP contribution >= 0.6 is 0 Å². The lowest BCUT2D eigenvalue weighted by Crippen LogP contribution is -2.21. The van der Waals surface area contributed by atoms with E-state index < -0.39 is 5.97 Å². The number of benzene rings is 2. The van der Waals surface area contributed by atoms with E-state index in [1.807, 2.05) is 39.0 Å². The van der Waals surface area contributed by atoms with Crippen molar-refractivity contribution in [2.75, 3.05) is 25.1 Å². The number of carbonyl (C=O) groups is 3. The van der Waals surface area contributed by atoms with Crippen molar-refractivity contribution in [1.82, 2.24) is 5.43 Å². The van der Waals surface area contributed by atoms with E-state index in [0.29, 0.717) is 23.7 Å². The van der Waals surface area contributed by atoms with Gasteiger partial charge < -0.3 is 19.5 Å². The number of aryl methyl sites for hydroxylation is 2. The molecular weight excluding hydrogens is 438 g/mol. The van der Waals surface area contributed by atoms with Crippen LogP contribution < -0.4 is 20.2 Å². The molecule has 2 rings (SSSR count). The molecule has 0 saturated carbocycles. The van der Waals surface area contributed by atoms with Gasteiger partial charge in [-0.3, -0.25) is 9.59 Å². The average molecular weight is 470 g/mol. The Bertz CT molecular complexity index is 1040. The number of nitrogens with zero attached hydrogens (tertiary/aromatic N) is 1. The normalized spacial score (nSPS) is 10.6. The lowest BCUT2D eigenvalue weighted by molar-refractivity contribution is -0.145.